The highest BCUT2D eigenvalue weighted by Crippen LogP contribution is 2.33. The third-order valence-electron chi connectivity index (χ3n) is 6.08. The van der Waals surface area contributed by atoms with Crippen molar-refractivity contribution in [2.75, 3.05) is 4.72 Å². The molecule has 6 rings (SSSR count). The number of nitrogens with zero attached hydrogens (tertiary/aromatic N) is 4. The lowest BCUT2D eigenvalue weighted by Crippen LogP contribution is -2.12. The number of aromatic hydroxyl groups is 1. The van der Waals surface area contributed by atoms with Crippen LogP contribution >= 0.6 is 0 Å². The Kier molecular flexibility index (Phi) is 6.10. The van der Waals surface area contributed by atoms with Gasteiger partial charge in [0.2, 0.25) is 5.82 Å². The number of benzene rings is 4. The highest BCUT2D eigenvalue weighted by molar-refractivity contribution is 7.92. The van der Waals surface area contributed by atoms with Gasteiger partial charge in [-0.3, -0.25) is 4.72 Å². The summed E-state index contributed by atoms with van der Waals surface area (Å²) in [6.07, 6.45) is 0. The van der Waals surface area contributed by atoms with E-state index in [-0.39, 0.29) is 10.8 Å². The first-order chi connectivity index (χ1) is 19.0. The predicted octanol–water partition coefficient (Wildman–Crippen LogP) is 5.02. The molecule has 0 aliphatic heterocycles. The smallest absolute Gasteiger partial charge is 0.261 e. The van der Waals surface area contributed by atoms with Crippen LogP contribution in [0.3, 0.4) is 0 Å². The van der Waals surface area contributed by atoms with Crippen LogP contribution in [0.5, 0.6) is 5.88 Å². The Balaban J connectivity index is 1.47. The molecule has 0 radical (unpaired) electrons. The maximum atomic E-state index is 13.2. The quantitative estimate of drug-likeness (QED) is 0.211. The fourth-order valence-electron chi connectivity index (χ4n) is 4.24. The number of sulfonamides is 1. The molecular formula is C28H21N7O3S. The lowest BCUT2D eigenvalue weighted by Gasteiger charge is -2.10. The molecule has 0 saturated carbocycles. The number of anilines is 1. The maximum Gasteiger partial charge on any atom is 0.261 e. The van der Waals surface area contributed by atoms with Crippen LogP contribution in [-0.2, 0) is 10.0 Å². The van der Waals surface area contributed by atoms with Crippen LogP contribution in [0.15, 0.2) is 113 Å². The van der Waals surface area contributed by atoms with E-state index in [1.165, 1.54) is 12.1 Å². The number of para-hydroxylation sites is 1. The Bertz CT molecular complexity index is 1880. The van der Waals surface area contributed by atoms with Gasteiger partial charge in [-0.1, -0.05) is 48.5 Å². The Morgan fingerprint density at radius 1 is 0.872 bits per heavy atom. The first-order valence-electron chi connectivity index (χ1n) is 11.9. The van der Waals surface area contributed by atoms with Crippen LogP contribution in [0.4, 0.5) is 11.4 Å². The minimum atomic E-state index is -3.89. The molecule has 0 fully saturated rings. The van der Waals surface area contributed by atoms with E-state index >= 15 is 0 Å². The topological polar surface area (TPSA) is 149 Å². The van der Waals surface area contributed by atoms with Gasteiger partial charge < -0.3 is 10.1 Å². The summed E-state index contributed by atoms with van der Waals surface area (Å²) in [5.74, 6) is 0.336. The molecular weight excluding hydrogens is 514 g/mol. The fourth-order valence-corrected chi connectivity index (χ4v) is 5.33. The molecule has 0 unspecified atom stereocenters. The van der Waals surface area contributed by atoms with Gasteiger partial charge in [-0.05, 0) is 59.8 Å². The first kappa shape index (κ1) is 24.1. The molecule has 0 aliphatic carbocycles. The zero-order valence-electron chi connectivity index (χ0n) is 20.3. The third-order valence-corrected chi connectivity index (χ3v) is 7.46. The van der Waals surface area contributed by atoms with Crippen molar-refractivity contribution in [1.29, 1.82) is 0 Å². The van der Waals surface area contributed by atoms with Gasteiger partial charge >= 0.3 is 0 Å². The predicted molar refractivity (Wildman–Crippen MR) is 149 cm³/mol. The van der Waals surface area contributed by atoms with E-state index in [4.69, 9.17) is 4.99 Å². The van der Waals surface area contributed by atoms with Crippen molar-refractivity contribution in [3.05, 3.63) is 114 Å². The Labute approximate surface area is 223 Å². The van der Waals surface area contributed by atoms with Gasteiger partial charge in [-0.25, -0.2) is 13.4 Å². The summed E-state index contributed by atoms with van der Waals surface area (Å²) in [6, 6.07) is 29.9. The highest BCUT2D eigenvalue weighted by Gasteiger charge is 2.22. The number of rotatable bonds is 7. The molecule has 39 heavy (non-hydrogen) atoms. The number of H-pyrrole nitrogens is 2. The van der Waals surface area contributed by atoms with Crippen molar-refractivity contribution in [3.63, 3.8) is 0 Å². The molecule has 6 aromatic rings. The molecule has 0 bridgehead atoms. The summed E-state index contributed by atoms with van der Waals surface area (Å²) in [4.78, 5) is 7.88. The average Bonchev–Trinajstić information content (AvgIpc) is 3.60. The van der Waals surface area contributed by atoms with E-state index in [2.05, 4.69) is 30.3 Å². The van der Waals surface area contributed by atoms with E-state index in [0.717, 1.165) is 11.1 Å². The lowest BCUT2D eigenvalue weighted by atomic mass is 10.0. The standard InChI is InChI=1S/C28H21N7O3S/c36-28-25(23-17-22(15-16-24(23)30-28)39(37,38)33-21-9-5-2-6-10-21)26(18-7-3-1-4-8-18)29-20-13-11-19(12-14-20)27-31-34-35-32-27/h1-17,30,33,36H,(H,31,32,34,35). The van der Waals surface area contributed by atoms with Crippen LogP contribution in [0, 0.1) is 0 Å². The van der Waals surface area contributed by atoms with E-state index in [9.17, 15) is 13.5 Å². The van der Waals surface area contributed by atoms with Crippen LogP contribution in [-0.4, -0.2) is 44.8 Å². The molecule has 4 N–H and O–H groups in total. The van der Waals surface area contributed by atoms with E-state index < -0.39 is 10.0 Å². The van der Waals surface area contributed by atoms with Crippen molar-refractivity contribution in [1.82, 2.24) is 25.6 Å². The van der Waals surface area contributed by atoms with Gasteiger partial charge in [0.15, 0.2) is 5.88 Å². The molecule has 0 atom stereocenters. The number of tetrazole rings is 1. The number of nitrogens with one attached hydrogen (secondary N) is 3. The number of hydrogen-bond acceptors (Lipinski definition) is 7. The maximum absolute atomic E-state index is 13.2. The van der Waals surface area contributed by atoms with Gasteiger partial charge in [0.1, 0.15) is 0 Å². The molecule has 192 valence electrons. The molecule has 0 aliphatic rings. The zero-order valence-corrected chi connectivity index (χ0v) is 21.1. The van der Waals surface area contributed by atoms with Gasteiger partial charge in [-0.15, -0.1) is 10.2 Å². The first-order valence-corrected chi connectivity index (χ1v) is 13.4. The molecule has 2 aromatic heterocycles. The van der Waals surface area contributed by atoms with Gasteiger partial charge in [-0.2, -0.15) is 5.21 Å². The van der Waals surface area contributed by atoms with Gasteiger partial charge in [0, 0.05) is 27.7 Å². The van der Waals surface area contributed by atoms with Crippen molar-refractivity contribution in [2.45, 2.75) is 4.90 Å². The minimum Gasteiger partial charge on any atom is -0.494 e. The van der Waals surface area contributed by atoms with Crippen molar-refractivity contribution < 1.29 is 13.5 Å². The summed E-state index contributed by atoms with van der Waals surface area (Å²) in [6.45, 7) is 0. The largest absolute Gasteiger partial charge is 0.494 e. The minimum absolute atomic E-state index is 0.0518. The Hall–Kier alpha value is -5.29. The monoisotopic (exact) mass is 535 g/mol. The number of aliphatic imine (C=N–C) groups is 1. The average molecular weight is 536 g/mol. The number of aromatic amines is 2. The van der Waals surface area contributed by atoms with Crippen molar-refractivity contribution in [3.8, 4) is 17.3 Å². The highest BCUT2D eigenvalue weighted by atomic mass is 32.2. The van der Waals surface area contributed by atoms with Crippen molar-refractivity contribution in [2.24, 2.45) is 4.99 Å². The summed E-state index contributed by atoms with van der Waals surface area (Å²) in [7, 11) is -3.89. The zero-order chi connectivity index (χ0) is 26.8. The summed E-state index contributed by atoms with van der Waals surface area (Å²) >= 11 is 0. The van der Waals surface area contributed by atoms with E-state index in [1.54, 1.807) is 42.5 Å². The second-order valence-electron chi connectivity index (χ2n) is 8.64. The summed E-state index contributed by atoms with van der Waals surface area (Å²) < 4.78 is 29.0. The Morgan fingerprint density at radius 2 is 1.59 bits per heavy atom. The molecule has 0 amide bonds. The molecule has 10 nitrogen and oxygen atoms in total. The molecule has 11 heteroatoms. The van der Waals surface area contributed by atoms with Crippen LogP contribution in [0.1, 0.15) is 11.1 Å². The van der Waals surface area contributed by atoms with Crippen LogP contribution in [0.2, 0.25) is 0 Å². The lowest BCUT2D eigenvalue weighted by molar-refractivity contribution is 0.457. The van der Waals surface area contributed by atoms with Crippen LogP contribution in [0.25, 0.3) is 22.3 Å². The number of hydrogen-bond donors (Lipinski definition) is 4. The summed E-state index contributed by atoms with van der Waals surface area (Å²) in [5, 5.41) is 25.5. The third kappa shape index (κ3) is 4.86. The van der Waals surface area contributed by atoms with Gasteiger partial charge in [0.25, 0.3) is 10.0 Å². The molecule has 2 heterocycles. The molecule has 0 spiro atoms. The van der Waals surface area contributed by atoms with E-state index in [1.807, 2.05) is 48.5 Å². The fraction of sp³-hybridized carbons (Fsp3) is 0. The number of fused-ring (bicyclic) bond motifs is 1. The van der Waals surface area contributed by atoms with Crippen LogP contribution < -0.4 is 4.72 Å². The van der Waals surface area contributed by atoms with Crippen molar-refractivity contribution >= 4 is 38.0 Å². The van der Waals surface area contributed by atoms with Gasteiger partial charge in [0.05, 0.1) is 21.9 Å². The summed E-state index contributed by atoms with van der Waals surface area (Å²) in [5.41, 5.74) is 3.99. The molecule has 4 aromatic carbocycles. The second-order valence-corrected chi connectivity index (χ2v) is 10.3. The van der Waals surface area contributed by atoms with E-state index in [0.29, 0.717) is 39.4 Å². The number of aromatic nitrogens is 5. The molecule has 0 saturated heterocycles. The Morgan fingerprint density at radius 3 is 2.28 bits per heavy atom. The normalized spacial score (nSPS) is 12.1. The SMILES string of the molecule is O=S(=O)(Nc1ccccc1)c1ccc2[nH]c(O)c(C(=Nc3ccc(-c4nn[nH]n4)cc3)c3ccccc3)c2c1. The second kappa shape index (κ2) is 9.88.